The van der Waals surface area contributed by atoms with Crippen molar-refractivity contribution >= 4 is 0 Å². The highest BCUT2D eigenvalue weighted by molar-refractivity contribution is 4.59. The van der Waals surface area contributed by atoms with Crippen LogP contribution in [-0.2, 0) is 0 Å². The van der Waals surface area contributed by atoms with E-state index in [4.69, 9.17) is 11.5 Å². The first kappa shape index (κ1) is 10.8. The molecule has 0 radical (unpaired) electrons. The van der Waals surface area contributed by atoms with Crippen LogP contribution in [0.5, 0.6) is 0 Å². The minimum atomic E-state index is -0.242. The van der Waals surface area contributed by atoms with Crippen molar-refractivity contribution in [2.45, 2.75) is 26.4 Å². The van der Waals surface area contributed by atoms with Gasteiger partial charge in [0.1, 0.15) is 12.6 Å². The lowest BCUT2D eigenvalue weighted by molar-refractivity contribution is 0.350. The highest BCUT2D eigenvalue weighted by Crippen LogP contribution is 1.67. The SMILES string of the molecule is CCNC(N)NC(N)NCC. The lowest BCUT2D eigenvalue weighted by Gasteiger charge is -2.20. The first-order chi connectivity index (χ1) is 5.20. The first-order valence-corrected chi connectivity index (χ1v) is 3.94. The lowest BCUT2D eigenvalue weighted by atomic mass is 10.6. The minimum Gasteiger partial charge on any atom is -0.304 e. The van der Waals surface area contributed by atoms with Crippen molar-refractivity contribution in [1.82, 2.24) is 16.0 Å². The van der Waals surface area contributed by atoms with Crippen molar-refractivity contribution in [2.75, 3.05) is 13.1 Å². The van der Waals surface area contributed by atoms with Gasteiger partial charge in [0.2, 0.25) is 0 Å². The fraction of sp³-hybridized carbons (Fsp3) is 1.00. The Balaban J connectivity index is 3.32. The molecular weight excluding hydrogens is 142 g/mol. The summed E-state index contributed by atoms with van der Waals surface area (Å²) in [5.41, 5.74) is 11.1. The Kier molecular flexibility index (Phi) is 6.39. The van der Waals surface area contributed by atoms with Crippen LogP contribution in [0.1, 0.15) is 13.8 Å². The summed E-state index contributed by atoms with van der Waals surface area (Å²) < 4.78 is 0. The summed E-state index contributed by atoms with van der Waals surface area (Å²) in [6, 6.07) is 0. The number of nitrogens with two attached hydrogens (primary N) is 2. The molecule has 0 saturated carbocycles. The van der Waals surface area contributed by atoms with Crippen LogP contribution in [0, 0.1) is 0 Å². The molecular formula is C6H19N5. The average Bonchev–Trinajstić information content (AvgIpc) is 1.87. The molecule has 0 rings (SSSR count). The van der Waals surface area contributed by atoms with Crippen molar-refractivity contribution in [3.63, 3.8) is 0 Å². The maximum Gasteiger partial charge on any atom is 0.111 e. The molecule has 5 heteroatoms. The van der Waals surface area contributed by atoms with Gasteiger partial charge in [-0.15, -0.1) is 0 Å². The van der Waals surface area contributed by atoms with E-state index in [0.717, 1.165) is 13.1 Å². The van der Waals surface area contributed by atoms with Crippen molar-refractivity contribution < 1.29 is 0 Å². The topological polar surface area (TPSA) is 88.1 Å². The predicted molar refractivity (Wildman–Crippen MR) is 46.4 cm³/mol. The monoisotopic (exact) mass is 161 g/mol. The van der Waals surface area contributed by atoms with E-state index in [1.807, 2.05) is 13.8 Å². The van der Waals surface area contributed by atoms with E-state index in [0.29, 0.717) is 0 Å². The minimum absolute atomic E-state index is 0.242. The molecule has 11 heavy (non-hydrogen) atoms. The van der Waals surface area contributed by atoms with Gasteiger partial charge >= 0.3 is 0 Å². The summed E-state index contributed by atoms with van der Waals surface area (Å²) in [5, 5.41) is 8.88. The molecule has 2 unspecified atom stereocenters. The molecule has 68 valence electrons. The zero-order chi connectivity index (χ0) is 8.69. The van der Waals surface area contributed by atoms with Gasteiger partial charge in [0.15, 0.2) is 0 Å². The zero-order valence-corrected chi connectivity index (χ0v) is 7.22. The molecule has 0 amide bonds. The molecule has 5 nitrogen and oxygen atoms in total. The number of rotatable bonds is 6. The van der Waals surface area contributed by atoms with Crippen LogP contribution in [-0.4, -0.2) is 25.7 Å². The smallest absolute Gasteiger partial charge is 0.111 e. The largest absolute Gasteiger partial charge is 0.304 e. The van der Waals surface area contributed by atoms with Crippen LogP contribution in [0.4, 0.5) is 0 Å². The average molecular weight is 161 g/mol. The summed E-state index contributed by atoms with van der Waals surface area (Å²) in [5.74, 6) is 0. The summed E-state index contributed by atoms with van der Waals surface area (Å²) in [6.45, 7) is 5.63. The third-order valence-electron chi connectivity index (χ3n) is 1.21. The first-order valence-electron chi connectivity index (χ1n) is 3.94. The van der Waals surface area contributed by atoms with Crippen LogP contribution in [0.15, 0.2) is 0 Å². The Bertz CT molecular complexity index is 77.0. The standard InChI is InChI=1S/C6H19N5/c1-3-9-5(7)11-6(8)10-4-2/h5-6,9-11H,3-4,7-8H2,1-2H3. The molecule has 0 spiro atoms. The Morgan fingerprint density at radius 1 is 1.00 bits per heavy atom. The van der Waals surface area contributed by atoms with E-state index >= 15 is 0 Å². The molecule has 0 bridgehead atoms. The number of nitrogens with one attached hydrogen (secondary N) is 3. The third-order valence-corrected chi connectivity index (χ3v) is 1.21. The summed E-state index contributed by atoms with van der Waals surface area (Å²) in [4.78, 5) is 0. The van der Waals surface area contributed by atoms with Gasteiger partial charge in [-0.05, 0) is 13.1 Å². The van der Waals surface area contributed by atoms with E-state index in [-0.39, 0.29) is 12.6 Å². The maximum absolute atomic E-state index is 5.57. The maximum atomic E-state index is 5.57. The highest BCUT2D eigenvalue weighted by atomic mass is 15.3. The Morgan fingerprint density at radius 2 is 1.36 bits per heavy atom. The van der Waals surface area contributed by atoms with Crippen LogP contribution in [0.2, 0.25) is 0 Å². The fourth-order valence-electron chi connectivity index (χ4n) is 0.751. The molecule has 7 N–H and O–H groups in total. The van der Waals surface area contributed by atoms with E-state index in [2.05, 4.69) is 16.0 Å². The van der Waals surface area contributed by atoms with Gasteiger partial charge in [0.05, 0.1) is 0 Å². The van der Waals surface area contributed by atoms with E-state index in [9.17, 15) is 0 Å². The predicted octanol–water partition coefficient (Wildman–Crippen LogP) is -1.72. The molecule has 0 aromatic rings. The molecule has 0 heterocycles. The summed E-state index contributed by atoms with van der Waals surface area (Å²) >= 11 is 0. The van der Waals surface area contributed by atoms with Crippen LogP contribution >= 0.6 is 0 Å². The Labute approximate surface area is 67.9 Å². The zero-order valence-electron chi connectivity index (χ0n) is 7.22. The highest BCUT2D eigenvalue weighted by Gasteiger charge is 2.03. The molecule has 2 atom stereocenters. The number of hydrogen-bond acceptors (Lipinski definition) is 5. The van der Waals surface area contributed by atoms with Gasteiger partial charge in [-0.25, -0.2) is 0 Å². The second-order valence-corrected chi connectivity index (χ2v) is 2.24. The van der Waals surface area contributed by atoms with Crippen molar-refractivity contribution in [3.05, 3.63) is 0 Å². The van der Waals surface area contributed by atoms with Gasteiger partial charge in [-0.3, -0.25) is 16.0 Å². The van der Waals surface area contributed by atoms with Crippen LogP contribution < -0.4 is 27.4 Å². The third kappa shape index (κ3) is 6.21. The van der Waals surface area contributed by atoms with Crippen molar-refractivity contribution in [2.24, 2.45) is 11.5 Å². The fourth-order valence-corrected chi connectivity index (χ4v) is 0.751. The normalized spacial score (nSPS) is 16.4. The van der Waals surface area contributed by atoms with Crippen molar-refractivity contribution in [1.29, 1.82) is 0 Å². The molecule has 0 saturated heterocycles. The lowest BCUT2D eigenvalue weighted by Crippen LogP contribution is -2.60. The van der Waals surface area contributed by atoms with Gasteiger partial charge in [0, 0.05) is 0 Å². The van der Waals surface area contributed by atoms with E-state index in [1.165, 1.54) is 0 Å². The van der Waals surface area contributed by atoms with Crippen LogP contribution in [0.3, 0.4) is 0 Å². The summed E-state index contributed by atoms with van der Waals surface area (Å²) in [7, 11) is 0. The van der Waals surface area contributed by atoms with Crippen molar-refractivity contribution in [3.8, 4) is 0 Å². The van der Waals surface area contributed by atoms with Crippen LogP contribution in [0.25, 0.3) is 0 Å². The van der Waals surface area contributed by atoms with Gasteiger partial charge in [-0.2, -0.15) is 0 Å². The second-order valence-electron chi connectivity index (χ2n) is 2.24. The van der Waals surface area contributed by atoms with Gasteiger partial charge < -0.3 is 11.5 Å². The molecule has 0 fully saturated rings. The quantitative estimate of drug-likeness (QED) is 0.299. The molecule has 0 aliphatic rings. The van der Waals surface area contributed by atoms with Gasteiger partial charge in [0.25, 0.3) is 0 Å². The molecule has 0 aromatic carbocycles. The van der Waals surface area contributed by atoms with E-state index in [1.54, 1.807) is 0 Å². The number of hydrogen-bond donors (Lipinski definition) is 5. The Morgan fingerprint density at radius 3 is 1.64 bits per heavy atom. The molecule has 0 aliphatic heterocycles. The molecule has 0 aliphatic carbocycles. The van der Waals surface area contributed by atoms with Gasteiger partial charge in [-0.1, -0.05) is 13.8 Å². The Hall–Kier alpha value is -0.200. The summed E-state index contributed by atoms with van der Waals surface area (Å²) in [6.07, 6.45) is -0.483. The van der Waals surface area contributed by atoms with E-state index < -0.39 is 0 Å². The molecule has 0 aromatic heterocycles. The second kappa shape index (κ2) is 6.51.